The zero-order valence-corrected chi connectivity index (χ0v) is 11.9. The van der Waals surface area contributed by atoms with E-state index in [2.05, 4.69) is 27.3 Å². The molecule has 0 unspecified atom stereocenters. The predicted molar refractivity (Wildman–Crippen MR) is 76.2 cm³/mol. The second-order valence-electron chi connectivity index (χ2n) is 5.10. The Morgan fingerprint density at radius 3 is 2.84 bits per heavy atom. The van der Waals surface area contributed by atoms with E-state index in [0.29, 0.717) is 0 Å². The van der Waals surface area contributed by atoms with Crippen molar-refractivity contribution >= 4 is 5.82 Å². The smallest absolute Gasteiger partial charge is 0.151 e. The van der Waals surface area contributed by atoms with E-state index in [1.807, 2.05) is 19.2 Å². The van der Waals surface area contributed by atoms with E-state index in [-0.39, 0.29) is 0 Å². The van der Waals surface area contributed by atoms with Gasteiger partial charge in [-0.3, -0.25) is 0 Å². The van der Waals surface area contributed by atoms with Crippen molar-refractivity contribution in [1.82, 2.24) is 15.5 Å². The van der Waals surface area contributed by atoms with Gasteiger partial charge in [-0.25, -0.2) is 0 Å². The van der Waals surface area contributed by atoms with Crippen molar-refractivity contribution in [3.63, 3.8) is 0 Å². The Hall–Kier alpha value is -1.20. The van der Waals surface area contributed by atoms with E-state index < -0.39 is 0 Å². The zero-order valence-electron chi connectivity index (χ0n) is 11.9. The number of nitrogens with zero attached hydrogens (tertiary/aromatic N) is 3. The standard InChI is InChI=1S/C14H24N4O/c1-3-15-10-13-6-7-14(17-16-13)18(2)8-9-19-11-12-4-5-12/h6-7,12,15H,3-5,8-11H2,1-2H3. The van der Waals surface area contributed by atoms with Crippen LogP contribution in [0.2, 0.25) is 0 Å². The molecule has 0 aliphatic heterocycles. The summed E-state index contributed by atoms with van der Waals surface area (Å²) in [4.78, 5) is 2.08. The van der Waals surface area contributed by atoms with Gasteiger partial charge in [0.2, 0.25) is 0 Å². The first-order chi connectivity index (χ1) is 9.29. The van der Waals surface area contributed by atoms with Gasteiger partial charge in [0.05, 0.1) is 12.3 Å². The molecule has 0 amide bonds. The van der Waals surface area contributed by atoms with E-state index in [1.165, 1.54) is 12.8 Å². The summed E-state index contributed by atoms with van der Waals surface area (Å²) < 4.78 is 5.63. The molecule has 0 atom stereocenters. The molecule has 1 fully saturated rings. The lowest BCUT2D eigenvalue weighted by atomic mass is 10.3. The molecule has 5 heteroatoms. The Morgan fingerprint density at radius 1 is 1.37 bits per heavy atom. The molecule has 2 rings (SSSR count). The Kier molecular flexibility index (Phi) is 5.54. The average molecular weight is 264 g/mol. The molecular weight excluding hydrogens is 240 g/mol. The van der Waals surface area contributed by atoms with Gasteiger partial charge in [0.25, 0.3) is 0 Å². The molecule has 0 bridgehead atoms. The highest BCUT2D eigenvalue weighted by atomic mass is 16.5. The van der Waals surface area contributed by atoms with E-state index in [4.69, 9.17) is 4.74 Å². The molecule has 1 saturated carbocycles. The third-order valence-corrected chi connectivity index (χ3v) is 3.27. The lowest BCUT2D eigenvalue weighted by Gasteiger charge is -2.17. The number of ether oxygens (including phenoxy) is 1. The van der Waals surface area contributed by atoms with E-state index in [1.54, 1.807) is 0 Å². The normalized spacial score (nSPS) is 14.6. The molecule has 0 spiro atoms. The first-order valence-corrected chi connectivity index (χ1v) is 7.11. The molecule has 1 N–H and O–H groups in total. The molecule has 0 saturated heterocycles. The van der Waals surface area contributed by atoms with Crippen molar-refractivity contribution in [2.24, 2.45) is 5.92 Å². The molecule has 1 aromatic heterocycles. The molecular formula is C14H24N4O. The van der Waals surface area contributed by atoms with Gasteiger partial charge in [-0.05, 0) is 37.4 Å². The molecule has 1 aliphatic rings. The van der Waals surface area contributed by atoms with Crippen LogP contribution in [0.4, 0.5) is 5.82 Å². The van der Waals surface area contributed by atoms with E-state index in [0.717, 1.165) is 50.3 Å². The van der Waals surface area contributed by atoms with Crippen LogP contribution < -0.4 is 10.2 Å². The van der Waals surface area contributed by atoms with Gasteiger partial charge < -0.3 is 15.0 Å². The Morgan fingerprint density at radius 2 is 2.21 bits per heavy atom. The molecule has 106 valence electrons. The highest BCUT2D eigenvalue weighted by Gasteiger charge is 2.20. The van der Waals surface area contributed by atoms with Crippen LogP contribution >= 0.6 is 0 Å². The summed E-state index contributed by atoms with van der Waals surface area (Å²) in [5.41, 5.74) is 0.976. The van der Waals surface area contributed by atoms with Gasteiger partial charge in [0, 0.05) is 26.7 Å². The van der Waals surface area contributed by atoms with Gasteiger partial charge in [0.15, 0.2) is 5.82 Å². The van der Waals surface area contributed by atoms with Crippen LogP contribution in [0, 0.1) is 5.92 Å². The lowest BCUT2D eigenvalue weighted by molar-refractivity contribution is 0.130. The Bertz CT molecular complexity index is 364. The maximum absolute atomic E-state index is 5.63. The molecule has 0 radical (unpaired) electrons. The van der Waals surface area contributed by atoms with Crippen molar-refractivity contribution in [3.05, 3.63) is 17.8 Å². The molecule has 1 aliphatic carbocycles. The first kappa shape index (κ1) is 14.2. The molecule has 5 nitrogen and oxygen atoms in total. The number of nitrogens with one attached hydrogen (secondary N) is 1. The van der Waals surface area contributed by atoms with E-state index >= 15 is 0 Å². The minimum absolute atomic E-state index is 0.758. The molecule has 0 aromatic carbocycles. The molecule has 19 heavy (non-hydrogen) atoms. The molecule has 1 aromatic rings. The lowest BCUT2D eigenvalue weighted by Crippen LogP contribution is -2.24. The largest absolute Gasteiger partial charge is 0.379 e. The number of hydrogen-bond acceptors (Lipinski definition) is 5. The number of rotatable bonds is 9. The van der Waals surface area contributed by atoms with Gasteiger partial charge in [0.1, 0.15) is 0 Å². The second-order valence-corrected chi connectivity index (χ2v) is 5.10. The third-order valence-electron chi connectivity index (χ3n) is 3.27. The monoisotopic (exact) mass is 264 g/mol. The average Bonchev–Trinajstić information content (AvgIpc) is 3.26. The fourth-order valence-electron chi connectivity index (χ4n) is 1.75. The van der Waals surface area contributed by atoms with Gasteiger partial charge in [-0.15, -0.1) is 5.10 Å². The van der Waals surface area contributed by atoms with Crippen LogP contribution in [0.25, 0.3) is 0 Å². The van der Waals surface area contributed by atoms with Crippen LogP contribution in [-0.2, 0) is 11.3 Å². The fraction of sp³-hybridized carbons (Fsp3) is 0.714. The highest BCUT2D eigenvalue weighted by Crippen LogP contribution is 2.28. The van der Waals surface area contributed by atoms with Gasteiger partial charge in [-0.2, -0.15) is 5.10 Å². The first-order valence-electron chi connectivity index (χ1n) is 7.11. The van der Waals surface area contributed by atoms with Crippen molar-refractivity contribution in [2.45, 2.75) is 26.3 Å². The van der Waals surface area contributed by atoms with Crippen molar-refractivity contribution in [3.8, 4) is 0 Å². The third kappa shape index (κ3) is 5.12. The molecule has 1 heterocycles. The maximum Gasteiger partial charge on any atom is 0.151 e. The number of likely N-dealkylation sites (N-methyl/N-ethyl adjacent to an activating group) is 1. The number of anilines is 1. The minimum atomic E-state index is 0.758. The van der Waals surface area contributed by atoms with Crippen molar-refractivity contribution < 1.29 is 4.74 Å². The SMILES string of the molecule is CCNCc1ccc(N(C)CCOCC2CC2)nn1. The summed E-state index contributed by atoms with van der Waals surface area (Å²) in [7, 11) is 2.02. The second kappa shape index (κ2) is 7.40. The Labute approximate surface area is 115 Å². The topological polar surface area (TPSA) is 50.3 Å². The zero-order chi connectivity index (χ0) is 13.5. The summed E-state index contributed by atoms with van der Waals surface area (Å²) in [6.45, 7) is 6.33. The Balaban J connectivity index is 1.69. The van der Waals surface area contributed by atoms with Crippen LogP contribution in [0.3, 0.4) is 0 Å². The summed E-state index contributed by atoms with van der Waals surface area (Å²) in [5.74, 6) is 1.73. The predicted octanol–water partition coefficient (Wildman–Crippen LogP) is 1.45. The quantitative estimate of drug-likeness (QED) is 0.684. The van der Waals surface area contributed by atoms with Gasteiger partial charge >= 0.3 is 0 Å². The van der Waals surface area contributed by atoms with Crippen LogP contribution in [-0.4, -0.2) is 43.5 Å². The number of hydrogen-bond donors (Lipinski definition) is 1. The minimum Gasteiger partial charge on any atom is -0.379 e. The number of aromatic nitrogens is 2. The van der Waals surface area contributed by atoms with Crippen LogP contribution in [0.1, 0.15) is 25.5 Å². The summed E-state index contributed by atoms with van der Waals surface area (Å²) in [6, 6.07) is 4.03. The van der Waals surface area contributed by atoms with Crippen molar-refractivity contribution in [1.29, 1.82) is 0 Å². The van der Waals surface area contributed by atoms with Gasteiger partial charge in [-0.1, -0.05) is 6.92 Å². The van der Waals surface area contributed by atoms with Crippen molar-refractivity contribution in [2.75, 3.05) is 38.3 Å². The van der Waals surface area contributed by atoms with E-state index in [9.17, 15) is 0 Å². The fourth-order valence-corrected chi connectivity index (χ4v) is 1.75. The van der Waals surface area contributed by atoms with Crippen LogP contribution in [0.5, 0.6) is 0 Å². The summed E-state index contributed by atoms with van der Waals surface area (Å²) >= 11 is 0. The highest BCUT2D eigenvalue weighted by molar-refractivity contribution is 5.35. The summed E-state index contributed by atoms with van der Waals surface area (Å²) in [5, 5.41) is 11.7. The maximum atomic E-state index is 5.63. The van der Waals surface area contributed by atoms with Crippen LogP contribution in [0.15, 0.2) is 12.1 Å². The summed E-state index contributed by atoms with van der Waals surface area (Å²) in [6.07, 6.45) is 2.68.